The van der Waals surface area contributed by atoms with Gasteiger partial charge in [0.2, 0.25) is 0 Å². The molecule has 1 heterocycles. The van der Waals surface area contributed by atoms with Crippen LogP contribution in [0.1, 0.15) is 32.8 Å². The second kappa shape index (κ2) is 10.7. The Morgan fingerprint density at radius 2 is 1.96 bits per heavy atom. The number of nitrogens with one attached hydrogen (secondary N) is 1. The van der Waals surface area contributed by atoms with Crippen LogP contribution in [0.25, 0.3) is 0 Å². The lowest BCUT2D eigenvalue weighted by molar-refractivity contribution is -0.134. The van der Waals surface area contributed by atoms with Crippen molar-refractivity contribution in [1.29, 1.82) is 0 Å². The van der Waals surface area contributed by atoms with Crippen molar-refractivity contribution < 1.29 is 14.7 Å². The van der Waals surface area contributed by atoms with Crippen molar-refractivity contribution >= 4 is 23.3 Å². The van der Waals surface area contributed by atoms with Crippen LogP contribution in [-0.4, -0.2) is 22.7 Å². The summed E-state index contributed by atoms with van der Waals surface area (Å²) in [6, 6.07) is 7.93. The van der Waals surface area contributed by atoms with Crippen LogP contribution in [0.15, 0.2) is 77.0 Å². The minimum atomic E-state index is -0.833. The third kappa shape index (κ3) is 6.22. The Balaban J connectivity index is 0.000000828. The van der Waals surface area contributed by atoms with E-state index in [1.54, 1.807) is 6.08 Å². The maximum absolute atomic E-state index is 12.4. The van der Waals surface area contributed by atoms with Gasteiger partial charge >= 0.3 is 0 Å². The van der Waals surface area contributed by atoms with Crippen LogP contribution in [-0.2, 0) is 9.59 Å². The number of rotatable bonds is 5. The predicted octanol–water partition coefficient (Wildman–Crippen LogP) is 4.64. The molecule has 27 heavy (non-hydrogen) atoms. The molecule has 1 aromatic carbocycles. The maximum atomic E-state index is 12.4. The molecule has 2 N–H and O–H groups in total. The number of allylic oxidation sites excluding steroid dienone is 4. The van der Waals surface area contributed by atoms with E-state index in [1.165, 1.54) is 0 Å². The van der Waals surface area contributed by atoms with E-state index in [9.17, 15) is 4.79 Å². The van der Waals surface area contributed by atoms with Crippen LogP contribution < -0.4 is 5.32 Å². The number of aryl methyl sites for hydroxylation is 1. The summed E-state index contributed by atoms with van der Waals surface area (Å²) in [7, 11) is 0. The van der Waals surface area contributed by atoms with Gasteiger partial charge in [0, 0.05) is 18.2 Å². The van der Waals surface area contributed by atoms with Gasteiger partial charge in [0.05, 0.1) is 17.0 Å². The molecule has 0 atom stereocenters. The number of nitrogens with zero attached hydrogens (tertiary/aromatic N) is 1. The van der Waals surface area contributed by atoms with Gasteiger partial charge in [-0.3, -0.25) is 14.6 Å². The smallest absolute Gasteiger partial charge is 0.300 e. The van der Waals surface area contributed by atoms with Gasteiger partial charge in [0.15, 0.2) is 0 Å². The molecule has 0 spiro atoms. The van der Waals surface area contributed by atoms with E-state index in [1.807, 2.05) is 63.3 Å². The number of benzene rings is 1. The molecule has 0 unspecified atom stereocenters. The molecule has 0 aromatic heterocycles. The zero-order valence-electron chi connectivity index (χ0n) is 16.2. The maximum Gasteiger partial charge on any atom is 0.300 e. The first-order valence-electron chi connectivity index (χ1n) is 8.70. The van der Waals surface area contributed by atoms with Gasteiger partial charge in [-0.1, -0.05) is 56.0 Å². The fraction of sp³-hybridized carbons (Fsp3) is 0.227. The molecule has 0 bridgehead atoms. The van der Waals surface area contributed by atoms with Crippen LogP contribution in [0, 0.1) is 6.92 Å². The highest BCUT2D eigenvalue weighted by Gasteiger charge is 2.28. The number of carbonyl (C=O) groups is 2. The summed E-state index contributed by atoms with van der Waals surface area (Å²) in [4.78, 5) is 26.2. The van der Waals surface area contributed by atoms with E-state index in [4.69, 9.17) is 14.9 Å². The number of para-hydroxylation sites is 1. The summed E-state index contributed by atoms with van der Waals surface area (Å²) in [5.74, 6) is -0.934. The average Bonchev–Trinajstić information content (AvgIpc) is 2.94. The van der Waals surface area contributed by atoms with Crippen LogP contribution >= 0.6 is 0 Å². The highest BCUT2D eigenvalue weighted by molar-refractivity contribution is 6.25. The standard InChI is InChI=1S/C20H22N2O.C2H4O2/c1-5-8-12-15-16(6-2)22-20(23)19(15)17(7-3)21-18-13-10-9-11-14(18)4;1-2(3)4/h5-6,8-13H,1,7H2,2-4H3,(H,22,23);1H3,(H,3,4)/b12-8-,16-6+,21-17?;. The molecule has 1 aliphatic heterocycles. The third-order valence-electron chi connectivity index (χ3n) is 3.72. The number of amides is 1. The number of carbonyl (C=O) groups excluding carboxylic acids is 1. The van der Waals surface area contributed by atoms with E-state index in [0.29, 0.717) is 12.0 Å². The van der Waals surface area contributed by atoms with E-state index in [2.05, 4.69) is 11.9 Å². The summed E-state index contributed by atoms with van der Waals surface area (Å²) in [6.45, 7) is 10.7. The Hall–Kier alpha value is -3.21. The molecular weight excluding hydrogens is 340 g/mol. The largest absolute Gasteiger partial charge is 0.481 e. The summed E-state index contributed by atoms with van der Waals surface area (Å²) in [6.07, 6.45) is 8.01. The quantitative estimate of drug-likeness (QED) is 0.588. The minimum absolute atomic E-state index is 0.101. The molecule has 2 rings (SSSR count). The van der Waals surface area contributed by atoms with E-state index in [0.717, 1.165) is 35.2 Å². The predicted molar refractivity (Wildman–Crippen MR) is 110 cm³/mol. The average molecular weight is 366 g/mol. The van der Waals surface area contributed by atoms with Gasteiger partial charge < -0.3 is 10.4 Å². The second-order valence-corrected chi connectivity index (χ2v) is 5.76. The van der Waals surface area contributed by atoms with Gasteiger partial charge in [-0.2, -0.15) is 0 Å². The number of hydrogen-bond acceptors (Lipinski definition) is 3. The molecule has 0 saturated carbocycles. The highest BCUT2D eigenvalue weighted by atomic mass is 16.4. The molecule has 0 radical (unpaired) electrons. The van der Waals surface area contributed by atoms with Gasteiger partial charge in [-0.25, -0.2) is 0 Å². The van der Waals surface area contributed by atoms with Crippen LogP contribution in [0.2, 0.25) is 0 Å². The number of carboxylic acids is 1. The molecule has 142 valence electrons. The lowest BCUT2D eigenvalue weighted by Crippen LogP contribution is -2.20. The topological polar surface area (TPSA) is 78.8 Å². The number of aliphatic carboxylic acids is 1. The molecule has 0 aliphatic carbocycles. The number of hydrogen-bond donors (Lipinski definition) is 2. The fourth-order valence-electron chi connectivity index (χ4n) is 2.51. The molecule has 5 nitrogen and oxygen atoms in total. The Kier molecular flexibility index (Phi) is 8.66. The lowest BCUT2D eigenvalue weighted by atomic mass is 10.0. The number of carboxylic acid groups (broad SMARTS) is 1. The van der Waals surface area contributed by atoms with Crippen molar-refractivity contribution in [2.45, 2.75) is 34.1 Å². The normalized spacial score (nSPS) is 15.6. The molecule has 5 heteroatoms. The third-order valence-corrected chi connectivity index (χ3v) is 3.72. The van der Waals surface area contributed by atoms with E-state index >= 15 is 0 Å². The molecule has 1 amide bonds. The second-order valence-electron chi connectivity index (χ2n) is 5.76. The minimum Gasteiger partial charge on any atom is -0.481 e. The Bertz CT molecular complexity index is 839. The Morgan fingerprint density at radius 1 is 1.33 bits per heavy atom. The van der Waals surface area contributed by atoms with Crippen molar-refractivity contribution in [3.63, 3.8) is 0 Å². The first kappa shape index (κ1) is 21.8. The fourth-order valence-corrected chi connectivity index (χ4v) is 2.51. The van der Waals surface area contributed by atoms with E-state index < -0.39 is 5.97 Å². The van der Waals surface area contributed by atoms with E-state index in [-0.39, 0.29) is 5.91 Å². The Labute approximate surface area is 160 Å². The summed E-state index contributed by atoms with van der Waals surface area (Å²) in [5.41, 5.74) is 5.09. The van der Waals surface area contributed by atoms with Crippen molar-refractivity contribution in [1.82, 2.24) is 5.32 Å². The van der Waals surface area contributed by atoms with Crippen LogP contribution in [0.4, 0.5) is 5.69 Å². The SMILES string of the molecule is C=C/C=C\C1=C(C(CC)=Nc2ccccc2C)C(=O)N/C1=C/C.CC(=O)O. The first-order valence-corrected chi connectivity index (χ1v) is 8.70. The molecule has 1 aromatic rings. The zero-order chi connectivity index (χ0) is 20.4. The molecule has 1 aliphatic rings. The van der Waals surface area contributed by atoms with Crippen LogP contribution in [0.5, 0.6) is 0 Å². The highest BCUT2D eigenvalue weighted by Crippen LogP contribution is 2.27. The lowest BCUT2D eigenvalue weighted by Gasteiger charge is -2.07. The van der Waals surface area contributed by atoms with Crippen molar-refractivity contribution in [2.24, 2.45) is 4.99 Å². The number of aliphatic imine (C=N–C) groups is 1. The van der Waals surface area contributed by atoms with Crippen molar-refractivity contribution in [2.75, 3.05) is 0 Å². The molecular formula is C22H26N2O3. The summed E-state index contributed by atoms with van der Waals surface area (Å²) in [5, 5.41) is 10.3. The van der Waals surface area contributed by atoms with Crippen LogP contribution in [0.3, 0.4) is 0 Å². The molecule has 0 saturated heterocycles. The van der Waals surface area contributed by atoms with Crippen molar-refractivity contribution in [3.8, 4) is 0 Å². The van der Waals surface area contributed by atoms with Gasteiger partial charge in [0.1, 0.15) is 0 Å². The zero-order valence-corrected chi connectivity index (χ0v) is 16.2. The summed E-state index contributed by atoms with van der Waals surface area (Å²) < 4.78 is 0. The van der Waals surface area contributed by atoms with Gasteiger partial charge in [-0.05, 0) is 31.9 Å². The van der Waals surface area contributed by atoms with Gasteiger partial charge in [0.25, 0.3) is 11.9 Å². The first-order chi connectivity index (χ1) is 12.8. The summed E-state index contributed by atoms with van der Waals surface area (Å²) >= 11 is 0. The Morgan fingerprint density at radius 3 is 2.48 bits per heavy atom. The van der Waals surface area contributed by atoms with Gasteiger partial charge in [-0.15, -0.1) is 0 Å². The van der Waals surface area contributed by atoms with Crippen molar-refractivity contribution in [3.05, 3.63) is 77.6 Å². The molecule has 0 fully saturated rings. The monoisotopic (exact) mass is 366 g/mol.